The van der Waals surface area contributed by atoms with Crippen LogP contribution in [0, 0.1) is 5.92 Å². The number of hydrogen-bond acceptors (Lipinski definition) is 3. The molecule has 3 aromatic carbocycles. The lowest BCUT2D eigenvalue weighted by molar-refractivity contribution is -0.141. The lowest BCUT2D eigenvalue weighted by atomic mass is 9.87. The number of aromatic nitrogens is 2. The van der Waals surface area contributed by atoms with Gasteiger partial charge in [0, 0.05) is 11.8 Å². The quantitative estimate of drug-likeness (QED) is 0.288. The van der Waals surface area contributed by atoms with Gasteiger partial charge in [0.05, 0.1) is 22.1 Å². The van der Waals surface area contributed by atoms with E-state index >= 15 is 0 Å². The van der Waals surface area contributed by atoms with Crippen molar-refractivity contribution in [2.45, 2.75) is 32.1 Å². The third-order valence-electron chi connectivity index (χ3n) is 6.54. The second-order valence-electron chi connectivity index (χ2n) is 8.98. The van der Waals surface area contributed by atoms with Gasteiger partial charge in [0.1, 0.15) is 5.92 Å². The Labute approximate surface area is 220 Å². The van der Waals surface area contributed by atoms with Crippen molar-refractivity contribution in [3.05, 3.63) is 93.6 Å². The van der Waals surface area contributed by atoms with Gasteiger partial charge in [0.2, 0.25) is 5.91 Å². The molecule has 2 unspecified atom stereocenters. The molecule has 1 aliphatic heterocycles. The third-order valence-corrected chi connectivity index (χ3v) is 7.28. The van der Waals surface area contributed by atoms with Gasteiger partial charge in [-0.1, -0.05) is 71.7 Å². The van der Waals surface area contributed by atoms with Crippen molar-refractivity contribution in [3.63, 3.8) is 0 Å². The summed E-state index contributed by atoms with van der Waals surface area (Å²) in [5.74, 6) is -1.33. The van der Waals surface area contributed by atoms with Crippen molar-refractivity contribution in [1.82, 2.24) is 15.1 Å². The van der Waals surface area contributed by atoms with E-state index in [2.05, 4.69) is 15.4 Å². The predicted molar refractivity (Wildman–Crippen MR) is 139 cm³/mol. The molecule has 5 rings (SSSR count). The fourth-order valence-electron chi connectivity index (χ4n) is 4.80. The summed E-state index contributed by atoms with van der Waals surface area (Å²) in [5.41, 5.74) is 0.677. The monoisotopic (exact) mass is 544 g/mol. The maximum absolute atomic E-state index is 13.8. The third kappa shape index (κ3) is 4.71. The Kier molecular flexibility index (Phi) is 6.50. The van der Waals surface area contributed by atoms with Gasteiger partial charge >= 0.3 is 6.18 Å². The summed E-state index contributed by atoms with van der Waals surface area (Å²) in [7, 11) is 0. The zero-order valence-corrected chi connectivity index (χ0v) is 21.2. The van der Waals surface area contributed by atoms with E-state index in [0.29, 0.717) is 11.3 Å². The molecule has 0 fully saturated rings. The van der Waals surface area contributed by atoms with Gasteiger partial charge in [-0.25, -0.2) is 9.67 Å². The first-order valence-electron chi connectivity index (χ1n) is 11.5. The van der Waals surface area contributed by atoms with Gasteiger partial charge in [0.25, 0.3) is 0 Å². The van der Waals surface area contributed by atoms with Gasteiger partial charge in [0.15, 0.2) is 11.5 Å². The van der Waals surface area contributed by atoms with E-state index in [-0.39, 0.29) is 21.9 Å². The van der Waals surface area contributed by atoms with Crippen molar-refractivity contribution in [1.29, 1.82) is 0 Å². The Bertz CT molecular complexity index is 1540. The molecule has 0 saturated heterocycles. The van der Waals surface area contributed by atoms with Crippen molar-refractivity contribution in [2.24, 2.45) is 10.9 Å². The van der Waals surface area contributed by atoms with Crippen LogP contribution in [0.15, 0.2) is 71.7 Å². The second-order valence-corrected chi connectivity index (χ2v) is 9.79. The predicted octanol–water partition coefficient (Wildman–Crippen LogP) is 7.55. The van der Waals surface area contributed by atoms with E-state index < -0.39 is 29.7 Å². The summed E-state index contributed by atoms with van der Waals surface area (Å²) in [5, 5.41) is 9.38. The summed E-state index contributed by atoms with van der Waals surface area (Å²) in [6.45, 7) is 3.49. The maximum Gasteiger partial charge on any atom is 0.435 e. The Hall–Kier alpha value is -3.36. The molecule has 1 aliphatic rings. The minimum atomic E-state index is -4.67. The van der Waals surface area contributed by atoms with Gasteiger partial charge < -0.3 is 5.32 Å². The zero-order chi connectivity index (χ0) is 26.5. The van der Waals surface area contributed by atoms with Crippen LogP contribution in [-0.4, -0.2) is 21.4 Å². The molecule has 4 aromatic rings. The molecule has 190 valence electrons. The van der Waals surface area contributed by atoms with Crippen LogP contribution < -0.4 is 5.32 Å². The fourth-order valence-corrected chi connectivity index (χ4v) is 5.11. The van der Waals surface area contributed by atoms with Crippen molar-refractivity contribution in [2.75, 3.05) is 0 Å². The Balaban J connectivity index is 1.56. The van der Waals surface area contributed by atoms with Crippen molar-refractivity contribution >= 4 is 51.4 Å². The number of aliphatic imine (C=N–C) groups is 1. The summed E-state index contributed by atoms with van der Waals surface area (Å²) >= 11 is 12.3. The number of carbonyl (C=O) groups excluding carboxylic acids is 1. The molecule has 0 radical (unpaired) electrons. The number of rotatable bonds is 4. The van der Waals surface area contributed by atoms with Crippen LogP contribution in [0.25, 0.3) is 10.8 Å². The molecule has 5 nitrogen and oxygen atoms in total. The van der Waals surface area contributed by atoms with Crippen LogP contribution in [0.3, 0.4) is 0 Å². The van der Waals surface area contributed by atoms with Crippen LogP contribution in [-0.2, 0) is 11.0 Å². The van der Waals surface area contributed by atoms with E-state index in [1.807, 2.05) is 49.4 Å². The largest absolute Gasteiger partial charge is 0.435 e. The highest BCUT2D eigenvalue weighted by Gasteiger charge is 2.42. The van der Waals surface area contributed by atoms with E-state index in [0.717, 1.165) is 27.1 Å². The molecule has 10 heteroatoms. The molecule has 0 saturated carbocycles. The molecule has 1 N–H and O–H groups in total. The molecule has 0 spiro atoms. The van der Waals surface area contributed by atoms with Crippen LogP contribution in [0.5, 0.6) is 0 Å². The van der Waals surface area contributed by atoms with Gasteiger partial charge in [-0.15, -0.1) is 0 Å². The van der Waals surface area contributed by atoms with E-state index in [1.54, 1.807) is 25.1 Å². The van der Waals surface area contributed by atoms with Crippen molar-refractivity contribution in [3.8, 4) is 0 Å². The summed E-state index contributed by atoms with van der Waals surface area (Å²) in [4.78, 5) is 18.1. The first-order chi connectivity index (χ1) is 17.5. The number of nitrogens with one attached hydrogen (secondary N) is 1. The first-order valence-corrected chi connectivity index (χ1v) is 12.2. The van der Waals surface area contributed by atoms with Crippen LogP contribution in [0.2, 0.25) is 10.0 Å². The number of amides is 1. The highest BCUT2D eigenvalue weighted by atomic mass is 35.5. The lowest BCUT2D eigenvalue weighted by Gasteiger charge is -2.32. The highest BCUT2D eigenvalue weighted by molar-refractivity contribution is 6.42. The normalized spacial score (nSPS) is 18.3. The van der Waals surface area contributed by atoms with E-state index in [9.17, 15) is 18.0 Å². The summed E-state index contributed by atoms with van der Waals surface area (Å²) in [6, 6.07) is 18.0. The molecule has 2 heterocycles. The van der Waals surface area contributed by atoms with Crippen molar-refractivity contribution < 1.29 is 18.0 Å². The average molecular weight is 545 g/mol. The first kappa shape index (κ1) is 25.3. The molecule has 37 heavy (non-hydrogen) atoms. The molecule has 1 aromatic heterocycles. The number of fused-ring (bicyclic) bond motifs is 2. The standard InChI is InChI=1S/C27H21Cl2F3N4O/c1-14(18-9-5-7-16-6-3-4-8-19(16)18)34-26(37)24-15(2)33-23-13-22(27(30,31)32)35-36(23)25(24)17-10-11-20(28)21(29)12-17/h3-14,24-25H,1-2H3,(H,34,37)/t14-,24?,25?/m1/s1. The smallest absolute Gasteiger partial charge is 0.349 e. The number of nitrogens with zero attached hydrogens (tertiary/aromatic N) is 3. The molecule has 1 amide bonds. The fraction of sp³-hybridized carbons (Fsp3) is 0.222. The van der Waals surface area contributed by atoms with Crippen LogP contribution in [0.1, 0.15) is 42.8 Å². The van der Waals surface area contributed by atoms with Gasteiger partial charge in [-0.3, -0.25) is 4.79 Å². The molecule has 0 aliphatic carbocycles. The Morgan fingerprint density at radius 1 is 1.03 bits per heavy atom. The Morgan fingerprint density at radius 3 is 2.49 bits per heavy atom. The van der Waals surface area contributed by atoms with Crippen LogP contribution in [0.4, 0.5) is 19.0 Å². The topological polar surface area (TPSA) is 59.3 Å². The Morgan fingerprint density at radius 2 is 1.76 bits per heavy atom. The average Bonchev–Trinajstić information content (AvgIpc) is 3.28. The van der Waals surface area contributed by atoms with Gasteiger partial charge in [-0.2, -0.15) is 18.3 Å². The summed E-state index contributed by atoms with van der Waals surface area (Å²) < 4.78 is 41.7. The summed E-state index contributed by atoms with van der Waals surface area (Å²) in [6.07, 6.45) is -4.67. The second kappa shape index (κ2) is 9.50. The molecular formula is C27H21Cl2F3N4O. The number of halogens is 5. The number of carbonyl (C=O) groups is 1. The number of benzene rings is 3. The molecule has 3 atom stereocenters. The van der Waals surface area contributed by atoms with Gasteiger partial charge in [-0.05, 0) is 47.9 Å². The van der Waals surface area contributed by atoms with E-state index in [1.165, 1.54) is 0 Å². The number of hydrogen-bond donors (Lipinski definition) is 1. The van der Waals surface area contributed by atoms with Crippen LogP contribution >= 0.6 is 23.2 Å². The SMILES string of the molecule is CC1=Nc2cc(C(F)(F)F)nn2C(c2ccc(Cl)c(Cl)c2)C1C(=O)N[C@H](C)c1cccc2ccccc12. The van der Waals surface area contributed by atoms with E-state index in [4.69, 9.17) is 23.2 Å². The highest BCUT2D eigenvalue weighted by Crippen LogP contribution is 2.41. The number of alkyl halides is 3. The maximum atomic E-state index is 13.8. The molecular weight excluding hydrogens is 524 g/mol. The zero-order valence-electron chi connectivity index (χ0n) is 19.7. The minimum absolute atomic E-state index is 0.00653. The molecule has 0 bridgehead atoms. The minimum Gasteiger partial charge on any atom is -0.349 e. The lowest BCUT2D eigenvalue weighted by Crippen LogP contribution is -2.43.